The van der Waals surface area contributed by atoms with Crippen LogP contribution in [0.2, 0.25) is 0 Å². The molecular weight excluding hydrogens is 396 g/mol. The normalized spacial score (nSPS) is 13.6. The van der Waals surface area contributed by atoms with Crippen LogP contribution in [0.5, 0.6) is 0 Å². The van der Waals surface area contributed by atoms with E-state index < -0.39 is 5.91 Å². The molecule has 6 nitrogen and oxygen atoms in total. The molecule has 3 aromatic rings. The lowest BCUT2D eigenvalue weighted by Crippen LogP contribution is -2.29. The zero-order valence-electron chi connectivity index (χ0n) is 15.8. The first-order valence-electron chi connectivity index (χ1n) is 9.17. The van der Waals surface area contributed by atoms with Gasteiger partial charge in [0.25, 0.3) is 11.8 Å². The van der Waals surface area contributed by atoms with Crippen LogP contribution in [0, 0.1) is 11.3 Å². The monoisotopic (exact) mass is 412 g/mol. The van der Waals surface area contributed by atoms with E-state index in [1.165, 1.54) is 11.3 Å². The van der Waals surface area contributed by atoms with Crippen molar-refractivity contribution in [2.75, 3.05) is 0 Å². The molecule has 0 saturated heterocycles. The van der Waals surface area contributed by atoms with E-state index in [0.717, 1.165) is 5.56 Å². The average Bonchev–Trinajstić information content (AvgIpc) is 3.43. The van der Waals surface area contributed by atoms with Crippen molar-refractivity contribution in [3.63, 3.8) is 0 Å². The minimum Gasteiger partial charge on any atom is -0.347 e. The Morgan fingerprint density at radius 2 is 1.70 bits per heavy atom. The van der Waals surface area contributed by atoms with Crippen molar-refractivity contribution in [1.82, 2.24) is 10.6 Å². The van der Waals surface area contributed by atoms with Gasteiger partial charge in [-0.2, -0.15) is 5.26 Å². The predicted octanol–water partition coefficient (Wildman–Crippen LogP) is 3.49. The van der Waals surface area contributed by atoms with Crippen LogP contribution in [0.3, 0.4) is 0 Å². The minimum absolute atomic E-state index is 0.0984. The van der Waals surface area contributed by atoms with E-state index in [0.29, 0.717) is 28.4 Å². The summed E-state index contributed by atoms with van der Waals surface area (Å²) in [5, 5.41) is 17.0. The summed E-state index contributed by atoms with van der Waals surface area (Å²) in [4.78, 5) is 30.2. The first kappa shape index (κ1) is 19.3. The summed E-state index contributed by atoms with van der Waals surface area (Å²) in [7, 11) is 0. The largest absolute Gasteiger partial charge is 0.347 e. The van der Waals surface area contributed by atoms with Crippen LogP contribution in [0.4, 0.5) is 0 Å². The Kier molecular flexibility index (Phi) is 5.50. The van der Waals surface area contributed by atoms with Crippen LogP contribution in [0.15, 0.2) is 82.7 Å². The van der Waals surface area contributed by atoms with Gasteiger partial charge in [0.1, 0.15) is 17.5 Å². The lowest BCUT2D eigenvalue weighted by atomic mass is 10.0. The van der Waals surface area contributed by atoms with Crippen molar-refractivity contribution in [2.24, 2.45) is 4.99 Å². The maximum atomic E-state index is 12.7. The van der Waals surface area contributed by atoms with E-state index in [2.05, 4.69) is 15.6 Å². The second-order valence-electron chi connectivity index (χ2n) is 6.44. The highest BCUT2D eigenvalue weighted by molar-refractivity contribution is 7.12. The van der Waals surface area contributed by atoms with Crippen LogP contribution in [-0.2, 0) is 11.3 Å². The van der Waals surface area contributed by atoms with Crippen LogP contribution in [0.1, 0.15) is 26.4 Å². The van der Waals surface area contributed by atoms with Gasteiger partial charge < -0.3 is 10.6 Å². The minimum atomic E-state index is -0.513. The molecule has 1 aliphatic rings. The lowest BCUT2D eigenvalue weighted by Gasteiger charge is -2.06. The average molecular weight is 412 g/mol. The van der Waals surface area contributed by atoms with Crippen LogP contribution in [-0.4, -0.2) is 17.6 Å². The number of carbonyl (C=O) groups is 2. The van der Waals surface area contributed by atoms with Gasteiger partial charge in [-0.25, -0.2) is 4.99 Å². The summed E-state index contributed by atoms with van der Waals surface area (Å²) in [5.74, 6) is -0.477. The highest BCUT2D eigenvalue weighted by atomic mass is 32.1. The van der Waals surface area contributed by atoms with Gasteiger partial charge >= 0.3 is 0 Å². The van der Waals surface area contributed by atoms with Gasteiger partial charge in [-0.3, -0.25) is 9.59 Å². The predicted molar refractivity (Wildman–Crippen MR) is 116 cm³/mol. The second-order valence-corrected chi connectivity index (χ2v) is 7.39. The smallest absolute Gasteiger partial charge is 0.266 e. The molecule has 0 fully saturated rings. The highest BCUT2D eigenvalue weighted by Crippen LogP contribution is 2.30. The number of nitriles is 1. The van der Waals surface area contributed by atoms with Gasteiger partial charge in [-0.05, 0) is 17.0 Å². The van der Waals surface area contributed by atoms with Gasteiger partial charge in [0.2, 0.25) is 0 Å². The first-order chi connectivity index (χ1) is 14.7. The number of aliphatic imine (C=N–C) groups is 1. The number of rotatable bonds is 4. The van der Waals surface area contributed by atoms with E-state index in [1.807, 2.05) is 47.8 Å². The van der Waals surface area contributed by atoms with Crippen molar-refractivity contribution in [2.45, 2.75) is 6.54 Å². The maximum absolute atomic E-state index is 12.7. The molecule has 2 amide bonds. The Hall–Kier alpha value is -4.02. The Morgan fingerprint density at radius 1 is 0.967 bits per heavy atom. The van der Waals surface area contributed by atoms with Crippen LogP contribution < -0.4 is 10.6 Å². The van der Waals surface area contributed by atoms with E-state index in [1.54, 1.807) is 30.3 Å². The second kappa shape index (κ2) is 8.55. The van der Waals surface area contributed by atoms with Gasteiger partial charge in [-0.15, -0.1) is 11.3 Å². The SMILES string of the molecule is N#CC(C(=O)NCc1ccccc1)=C1N=C(NC(=O)c2cccs2)c2ccccc21. The molecule has 4 rings (SSSR count). The topological polar surface area (TPSA) is 94.3 Å². The third kappa shape index (κ3) is 3.90. The molecule has 2 heterocycles. The van der Waals surface area contributed by atoms with Gasteiger partial charge in [0, 0.05) is 17.7 Å². The number of amides is 2. The maximum Gasteiger partial charge on any atom is 0.266 e. The summed E-state index contributed by atoms with van der Waals surface area (Å²) in [6, 6.07) is 22.1. The number of hydrogen-bond acceptors (Lipinski definition) is 5. The fourth-order valence-corrected chi connectivity index (χ4v) is 3.69. The number of thiophene rings is 1. The molecule has 0 atom stereocenters. The Balaban J connectivity index is 1.64. The molecule has 2 N–H and O–H groups in total. The molecule has 0 bridgehead atoms. The lowest BCUT2D eigenvalue weighted by molar-refractivity contribution is -0.117. The molecule has 0 unspecified atom stereocenters. The third-order valence-electron chi connectivity index (χ3n) is 4.51. The Morgan fingerprint density at radius 3 is 2.40 bits per heavy atom. The number of nitrogens with zero attached hydrogens (tertiary/aromatic N) is 2. The number of amidine groups is 1. The van der Waals surface area contributed by atoms with Gasteiger partial charge in [0.05, 0.1) is 10.6 Å². The standard InChI is InChI=1S/C23H16N4O2S/c24-13-18(22(28)25-14-15-7-2-1-3-8-15)20-16-9-4-5-10-17(16)21(26-20)27-23(29)19-11-6-12-30-19/h1-12H,14H2,(H,25,28)(H,26,27,29). The summed E-state index contributed by atoms with van der Waals surface area (Å²) in [5.41, 5.74) is 2.37. The van der Waals surface area contributed by atoms with Crippen LogP contribution >= 0.6 is 11.3 Å². The van der Waals surface area contributed by atoms with Crippen molar-refractivity contribution in [3.05, 3.63) is 99.3 Å². The number of carbonyl (C=O) groups excluding carboxylic acids is 2. The Labute approximate surface area is 177 Å². The number of nitrogens with one attached hydrogen (secondary N) is 2. The molecule has 0 aliphatic carbocycles. The van der Waals surface area contributed by atoms with Crippen molar-refractivity contribution < 1.29 is 9.59 Å². The molecule has 0 saturated carbocycles. The summed E-state index contributed by atoms with van der Waals surface area (Å²) >= 11 is 1.32. The van der Waals surface area contributed by atoms with Crippen molar-refractivity contribution in [3.8, 4) is 6.07 Å². The molecule has 1 aromatic heterocycles. The summed E-state index contributed by atoms with van der Waals surface area (Å²) < 4.78 is 0. The van der Waals surface area contributed by atoms with Crippen LogP contribution in [0.25, 0.3) is 5.70 Å². The summed E-state index contributed by atoms with van der Waals surface area (Å²) in [6.07, 6.45) is 0. The van der Waals surface area contributed by atoms with E-state index in [9.17, 15) is 14.9 Å². The Bertz CT molecular complexity index is 1210. The van der Waals surface area contributed by atoms with Gasteiger partial charge in [-0.1, -0.05) is 60.7 Å². The summed E-state index contributed by atoms with van der Waals surface area (Å²) in [6.45, 7) is 0.297. The van der Waals surface area contributed by atoms with E-state index >= 15 is 0 Å². The molecule has 0 radical (unpaired) electrons. The highest BCUT2D eigenvalue weighted by Gasteiger charge is 2.27. The van der Waals surface area contributed by atoms with Crippen molar-refractivity contribution in [1.29, 1.82) is 5.26 Å². The number of fused-ring (bicyclic) bond motifs is 1. The molecule has 30 heavy (non-hydrogen) atoms. The number of benzene rings is 2. The van der Waals surface area contributed by atoms with Gasteiger partial charge in [0.15, 0.2) is 0 Å². The molecule has 146 valence electrons. The molecule has 2 aromatic carbocycles. The number of hydrogen-bond donors (Lipinski definition) is 2. The fourth-order valence-electron chi connectivity index (χ4n) is 3.07. The quantitative estimate of drug-likeness (QED) is 0.507. The molecule has 7 heteroatoms. The molecular formula is C23H16N4O2S. The third-order valence-corrected chi connectivity index (χ3v) is 5.38. The zero-order valence-corrected chi connectivity index (χ0v) is 16.6. The zero-order chi connectivity index (χ0) is 20.9. The van der Waals surface area contributed by atoms with E-state index in [-0.39, 0.29) is 17.2 Å². The molecule has 0 spiro atoms. The van der Waals surface area contributed by atoms with Crippen molar-refractivity contribution >= 4 is 34.7 Å². The first-order valence-corrected chi connectivity index (χ1v) is 10.0. The fraction of sp³-hybridized carbons (Fsp3) is 0.0435. The molecule has 1 aliphatic heterocycles. The van der Waals surface area contributed by atoms with E-state index in [4.69, 9.17) is 0 Å².